The lowest BCUT2D eigenvalue weighted by molar-refractivity contribution is -0.131. The molecule has 11 nitrogen and oxygen atoms in total. The number of carbonyl (C=O) groups excluding carboxylic acids is 4. The molecular weight excluding hydrogens is 442 g/mol. The number of H-pyrrole nitrogens is 1. The number of anilines is 1. The molecule has 4 N–H and O–H groups in total. The second-order valence-corrected chi connectivity index (χ2v) is 7.85. The van der Waals surface area contributed by atoms with Gasteiger partial charge in [-0.05, 0) is 23.8 Å². The van der Waals surface area contributed by atoms with E-state index >= 15 is 0 Å². The van der Waals surface area contributed by atoms with E-state index in [0.717, 1.165) is 21.4 Å². The predicted octanol–water partition coefficient (Wildman–Crippen LogP) is 1.75. The maximum atomic E-state index is 12.8. The molecule has 0 spiro atoms. The summed E-state index contributed by atoms with van der Waals surface area (Å²) in [5.74, 6) is -0.283. The molecule has 0 radical (unpaired) electrons. The molecule has 1 aromatic heterocycles. The number of para-hydroxylation sites is 1. The highest BCUT2D eigenvalue weighted by Crippen LogP contribution is 2.32. The van der Waals surface area contributed by atoms with Crippen LogP contribution in [0.15, 0.2) is 48.7 Å². The third-order valence-electron chi connectivity index (χ3n) is 5.56. The van der Waals surface area contributed by atoms with Crippen LogP contribution in [0.5, 0.6) is 11.5 Å². The van der Waals surface area contributed by atoms with Gasteiger partial charge in [0.2, 0.25) is 5.91 Å². The first-order chi connectivity index (χ1) is 16.5. The topological polar surface area (TPSA) is 142 Å². The first kappa shape index (κ1) is 21.3. The fraction of sp³-hybridized carbons (Fsp3) is 0.217. The van der Waals surface area contributed by atoms with Gasteiger partial charge in [0.05, 0.1) is 0 Å². The van der Waals surface area contributed by atoms with Crippen molar-refractivity contribution >= 4 is 40.5 Å². The lowest BCUT2D eigenvalue weighted by Crippen LogP contribution is -2.44. The van der Waals surface area contributed by atoms with E-state index in [2.05, 4.69) is 20.9 Å². The van der Waals surface area contributed by atoms with Gasteiger partial charge in [0, 0.05) is 35.3 Å². The summed E-state index contributed by atoms with van der Waals surface area (Å²) in [4.78, 5) is 53.5. The number of rotatable bonds is 5. The molecule has 174 valence electrons. The highest BCUT2D eigenvalue weighted by Gasteiger charge is 2.39. The number of hydrogen-bond donors (Lipinski definition) is 4. The van der Waals surface area contributed by atoms with Gasteiger partial charge in [0.1, 0.15) is 25.8 Å². The van der Waals surface area contributed by atoms with Crippen LogP contribution in [0, 0.1) is 0 Å². The summed E-state index contributed by atoms with van der Waals surface area (Å²) in [6.45, 7) is 0.262. The Labute approximate surface area is 193 Å². The summed E-state index contributed by atoms with van der Waals surface area (Å²) in [7, 11) is 0. The maximum absolute atomic E-state index is 12.8. The number of benzene rings is 2. The number of imide groups is 2. The number of nitrogens with one attached hydrogen (secondary N) is 4. The van der Waals surface area contributed by atoms with E-state index in [9.17, 15) is 19.2 Å². The van der Waals surface area contributed by atoms with Gasteiger partial charge in [-0.15, -0.1) is 0 Å². The number of urea groups is 2. The van der Waals surface area contributed by atoms with E-state index < -0.39 is 36.5 Å². The Morgan fingerprint density at radius 3 is 2.71 bits per heavy atom. The Morgan fingerprint density at radius 1 is 1.06 bits per heavy atom. The average Bonchev–Trinajstić information content (AvgIpc) is 3.35. The van der Waals surface area contributed by atoms with Crippen LogP contribution in [0.1, 0.15) is 5.56 Å². The van der Waals surface area contributed by atoms with Crippen molar-refractivity contribution in [2.24, 2.45) is 0 Å². The van der Waals surface area contributed by atoms with Crippen LogP contribution in [0.25, 0.3) is 10.9 Å². The minimum atomic E-state index is -0.802. The van der Waals surface area contributed by atoms with Crippen LogP contribution in [-0.2, 0) is 16.0 Å². The van der Waals surface area contributed by atoms with Crippen LogP contribution in [0.4, 0.5) is 15.3 Å². The molecular formula is C23H21N5O6. The summed E-state index contributed by atoms with van der Waals surface area (Å²) < 4.78 is 10.9. The SMILES string of the molecule is O=C(CN1C(=O)NC(Cc2c[nH]c3ccccc23)C1=O)NC(=O)Nc1ccc2c(c1)OCCO2. The fourth-order valence-corrected chi connectivity index (χ4v) is 3.98. The number of ether oxygens (including phenoxy) is 2. The van der Waals surface area contributed by atoms with Crippen molar-refractivity contribution in [1.82, 2.24) is 20.5 Å². The minimum Gasteiger partial charge on any atom is -0.486 e. The molecule has 1 atom stereocenters. The summed E-state index contributed by atoms with van der Waals surface area (Å²) in [6.07, 6.45) is 2.07. The summed E-state index contributed by atoms with van der Waals surface area (Å²) in [5, 5.41) is 8.19. The Morgan fingerprint density at radius 2 is 1.85 bits per heavy atom. The first-order valence-corrected chi connectivity index (χ1v) is 10.7. The van der Waals surface area contributed by atoms with Crippen LogP contribution in [0.2, 0.25) is 0 Å². The number of aromatic amines is 1. The quantitative estimate of drug-likeness (QED) is 0.425. The number of fused-ring (bicyclic) bond motifs is 2. The van der Waals surface area contributed by atoms with E-state index in [1.54, 1.807) is 24.4 Å². The molecule has 3 heterocycles. The van der Waals surface area contributed by atoms with Crippen LogP contribution in [0.3, 0.4) is 0 Å². The van der Waals surface area contributed by atoms with Gasteiger partial charge < -0.3 is 25.1 Å². The standard InChI is InChI=1S/C23H21N5O6/c29-20(27-22(31)25-14-5-6-18-19(10-14)34-8-7-33-18)12-28-21(30)17(26-23(28)32)9-13-11-24-16-4-2-1-3-15(13)16/h1-6,10-11,17,24H,7-9,12H2,(H,26,32)(H2,25,27,29,31). The number of nitrogens with zero attached hydrogens (tertiary/aromatic N) is 1. The zero-order chi connectivity index (χ0) is 23.7. The second-order valence-electron chi connectivity index (χ2n) is 7.85. The van der Waals surface area contributed by atoms with Gasteiger partial charge in [0.15, 0.2) is 11.5 Å². The molecule has 0 saturated carbocycles. The molecule has 2 aliphatic rings. The monoisotopic (exact) mass is 463 g/mol. The van der Waals surface area contributed by atoms with Gasteiger partial charge in [-0.2, -0.15) is 0 Å². The van der Waals surface area contributed by atoms with E-state index in [-0.39, 0.29) is 6.42 Å². The van der Waals surface area contributed by atoms with Crippen molar-refractivity contribution in [3.05, 3.63) is 54.2 Å². The number of carbonyl (C=O) groups is 4. The lowest BCUT2D eigenvalue weighted by atomic mass is 10.1. The van der Waals surface area contributed by atoms with Crippen molar-refractivity contribution in [3.8, 4) is 11.5 Å². The third kappa shape index (κ3) is 4.22. The molecule has 34 heavy (non-hydrogen) atoms. The third-order valence-corrected chi connectivity index (χ3v) is 5.56. The minimum absolute atomic E-state index is 0.275. The second kappa shape index (κ2) is 8.77. The Kier molecular flexibility index (Phi) is 5.50. The van der Waals surface area contributed by atoms with Crippen molar-refractivity contribution in [2.45, 2.75) is 12.5 Å². The molecule has 0 aliphatic carbocycles. The highest BCUT2D eigenvalue weighted by molar-refractivity contribution is 6.09. The normalized spacial score (nSPS) is 16.9. The Balaban J connectivity index is 1.17. The van der Waals surface area contributed by atoms with Crippen molar-refractivity contribution < 1.29 is 28.7 Å². The Bertz CT molecular complexity index is 1300. The van der Waals surface area contributed by atoms with E-state index in [1.807, 2.05) is 24.3 Å². The largest absolute Gasteiger partial charge is 0.486 e. The molecule has 1 saturated heterocycles. The summed E-state index contributed by atoms with van der Waals surface area (Å²) in [6, 6.07) is 10.2. The Hall–Kier alpha value is -4.54. The molecule has 3 aromatic rings. The fourth-order valence-electron chi connectivity index (χ4n) is 3.98. The van der Waals surface area contributed by atoms with Crippen molar-refractivity contribution in [2.75, 3.05) is 25.1 Å². The maximum Gasteiger partial charge on any atom is 0.325 e. The molecule has 1 fully saturated rings. The molecule has 2 aliphatic heterocycles. The van der Waals surface area contributed by atoms with Gasteiger partial charge in [0.25, 0.3) is 5.91 Å². The molecule has 0 bridgehead atoms. The van der Waals surface area contributed by atoms with Crippen LogP contribution >= 0.6 is 0 Å². The number of amides is 6. The zero-order valence-electron chi connectivity index (χ0n) is 17.9. The summed E-state index contributed by atoms with van der Waals surface area (Å²) >= 11 is 0. The van der Waals surface area contributed by atoms with Gasteiger partial charge in [-0.1, -0.05) is 18.2 Å². The van der Waals surface area contributed by atoms with E-state index in [4.69, 9.17) is 9.47 Å². The number of hydrogen-bond acceptors (Lipinski definition) is 6. The average molecular weight is 463 g/mol. The highest BCUT2D eigenvalue weighted by atomic mass is 16.6. The van der Waals surface area contributed by atoms with Crippen molar-refractivity contribution in [1.29, 1.82) is 0 Å². The van der Waals surface area contributed by atoms with Gasteiger partial charge in [-0.25, -0.2) is 9.59 Å². The molecule has 2 aromatic carbocycles. The zero-order valence-corrected chi connectivity index (χ0v) is 17.9. The van der Waals surface area contributed by atoms with Crippen LogP contribution in [-0.4, -0.2) is 59.6 Å². The molecule has 6 amide bonds. The smallest absolute Gasteiger partial charge is 0.325 e. The van der Waals surface area contributed by atoms with E-state index in [1.165, 1.54) is 0 Å². The van der Waals surface area contributed by atoms with E-state index in [0.29, 0.717) is 30.4 Å². The van der Waals surface area contributed by atoms with Crippen molar-refractivity contribution in [3.63, 3.8) is 0 Å². The molecule has 1 unspecified atom stereocenters. The summed E-state index contributed by atoms with van der Waals surface area (Å²) in [5.41, 5.74) is 2.19. The van der Waals surface area contributed by atoms with Gasteiger partial charge >= 0.3 is 12.1 Å². The van der Waals surface area contributed by atoms with Crippen LogP contribution < -0.4 is 25.4 Å². The number of aromatic nitrogens is 1. The van der Waals surface area contributed by atoms with Gasteiger partial charge in [-0.3, -0.25) is 19.8 Å². The first-order valence-electron chi connectivity index (χ1n) is 10.7. The molecule has 5 rings (SSSR count). The lowest BCUT2D eigenvalue weighted by Gasteiger charge is -2.19. The predicted molar refractivity (Wildman–Crippen MR) is 121 cm³/mol. The molecule has 11 heteroatoms.